The molecule has 0 saturated carbocycles. The summed E-state index contributed by atoms with van der Waals surface area (Å²) in [5.74, 6) is -2.24. The van der Waals surface area contributed by atoms with E-state index in [4.69, 9.17) is 4.74 Å². The van der Waals surface area contributed by atoms with Gasteiger partial charge in [-0.2, -0.15) is 13.2 Å². The fourth-order valence-corrected chi connectivity index (χ4v) is 2.57. The summed E-state index contributed by atoms with van der Waals surface area (Å²) in [6, 6.07) is 0. The summed E-state index contributed by atoms with van der Waals surface area (Å²) in [5.41, 5.74) is 0. The van der Waals surface area contributed by atoms with Crippen molar-refractivity contribution in [1.82, 2.24) is 14.5 Å². The highest BCUT2D eigenvalue weighted by atomic mass is 19.4. The molecule has 0 radical (unpaired) electrons. The van der Waals surface area contributed by atoms with Crippen molar-refractivity contribution in [3.8, 4) is 0 Å². The van der Waals surface area contributed by atoms with Gasteiger partial charge in [0, 0.05) is 32.5 Å². The molecule has 1 aliphatic heterocycles. The molecule has 0 unspecified atom stereocenters. The Morgan fingerprint density at radius 2 is 2.12 bits per heavy atom. The predicted molar refractivity (Wildman–Crippen MR) is 74.8 cm³/mol. The number of hydrogen-bond donors (Lipinski definition) is 0. The maximum absolute atomic E-state index is 13.2. The number of halogens is 3. The minimum Gasteiger partial charge on any atom is -0.453 e. The number of carbonyl (C=O) groups is 2. The second kappa shape index (κ2) is 7.10. The van der Waals surface area contributed by atoms with E-state index in [0.717, 1.165) is 4.57 Å². The van der Waals surface area contributed by atoms with Crippen molar-refractivity contribution in [3.63, 3.8) is 0 Å². The first-order chi connectivity index (χ1) is 11.2. The molecule has 1 aliphatic rings. The Morgan fingerprint density at radius 1 is 1.42 bits per heavy atom. The molecule has 2 rings (SSSR count). The second-order valence-electron chi connectivity index (χ2n) is 5.51. The lowest BCUT2D eigenvalue weighted by atomic mass is 9.98. The van der Waals surface area contributed by atoms with Crippen molar-refractivity contribution >= 4 is 12.1 Å². The molecule has 0 spiro atoms. The molecule has 1 fully saturated rings. The first-order valence-electron chi connectivity index (χ1n) is 7.31. The fourth-order valence-electron chi connectivity index (χ4n) is 2.57. The average Bonchev–Trinajstić information content (AvgIpc) is 2.96. The van der Waals surface area contributed by atoms with Gasteiger partial charge in [-0.3, -0.25) is 4.79 Å². The highest BCUT2D eigenvalue weighted by Crippen LogP contribution is 2.36. The third kappa shape index (κ3) is 3.98. The van der Waals surface area contributed by atoms with Crippen LogP contribution in [-0.2, 0) is 21.3 Å². The van der Waals surface area contributed by atoms with Gasteiger partial charge in [-0.1, -0.05) is 0 Å². The van der Waals surface area contributed by atoms with Gasteiger partial charge in [0.25, 0.3) is 6.10 Å². The van der Waals surface area contributed by atoms with Crippen LogP contribution in [0, 0.1) is 5.92 Å². The van der Waals surface area contributed by atoms with Crippen LogP contribution < -0.4 is 0 Å². The molecule has 7 nitrogen and oxygen atoms in total. The van der Waals surface area contributed by atoms with Gasteiger partial charge in [0.2, 0.25) is 0 Å². The lowest BCUT2D eigenvalue weighted by Crippen LogP contribution is -2.43. The third-order valence-corrected chi connectivity index (χ3v) is 3.81. The molecule has 24 heavy (non-hydrogen) atoms. The van der Waals surface area contributed by atoms with Gasteiger partial charge < -0.3 is 18.9 Å². The van der Waals surface area contributed by atoms with Crippen LogP contribution in [0.1, 0.15) is 24.8 Å². The minimum absolute atomic E-state index is 0.0311. The van der Waals surface area contributed by atoms with E-state index in [9.17, 15) is 22.8 Å². The van der Waals surface area contributed by atoms with Crippen molar-refractivity contribution in [2.24, 2.45) is 13.0 Å². The first kappa shape index (κ1) is 18.1. The van der Waals surface area contributed by atoms with Crippen molar-refractivity contribution in [1.29, 1.82) is 0 Å². The number of imidazole rings is 1. The van der Waals surface area contributed by atoms with Gasteiger partial charge in [0.1, 0.15) is 0 Å². The zero-order valence-corrected chi connectivity index (χ0v) is 13.2. The number of rotatable bonds is 3. The summed E-state index contributed by atoms with van der Waals surface area (Å²) >= 11 is 0. The van der Waals surface area contributed by atoms with Gasteiger partial charge in [-0.25, -0.2) is 9.78 Å². The summed E-state index contributed by atoms with van der Waals surface area (Å²) in [6.45, 7) is 0.356. The van der Waals surface area contributed by atoms with Gasteiger partial charge in [-0.05, 0) is 12.8 Å². The molecule has 0 bridgehead atoms. The quantitative estimate of drug-likeness (QED) is 0.781. The van der Waals surface area contributed by atoms with Crippen LogP contribution in [0.3, 0.4) is 0 Å². The van der Waals surface area contributed by atoms with E-state index in [2.05, 4.69) is 9.72 Å². The number of nitrogens with zero attached hydrogens (tertiary/aromatic N) is 3. The number of aromatic nitrogens is 2. The molecule has 2 heterocycles. The lowest BCUT2D eigenvalue weighted by molar-refractivity contribution is -0.229. The number of methoxy groups -OCH3 is 1. The van der Waals surface area contributed by atoms with Gasteiger partial charge in [-0.15, -0.1) is 0 Å². The Morgan fingerprint density at radius 3 is 2.67 bits per heavy atom. The van der Waals surface area contributed by atoms with Crippen LogP contribution in [0.25, 0.3) is 0 Å². The second-order valence-corrected chi connectivity index (χ2v) is 5.51. The SMILES string of the molecule is COC(=O)N1CCC[C@H](C(=O)O[C@@H](c2nccn2C)C(F)(F)F)C1. The molecular formula is C14H18F3N3O4. The molecule has 0 N–H and O–H groups in total. The summed E-state index contributed by atoms with van der Waals surface area (Å²) in [4.78, 5) is 28.6. The van der Waals surface area contributed by atoms with Crippen LogP contribution in [0.2, 0.25) is 0 Å². The Labute approximate surface area is 136 Å². The third-order valence-electron chi connectivity index (χ3n) is 3.81. The van der Waals surface area contributed by atoms with Crippen LogP contribution in [0.5, 0.6) is 0 Å². The molecule has 1 saturated heterocycles. The molecule has 1 aromatic rings. The lowest BCUT2D eigenvalue weighted by Gasteiger charge is -2.31. The monoisotopic (exact) mass is 349 g/mol. The number of piperidine rings is 1. The van der Waals surface area contributed by atoms with Crippen LogP contribution in [0.15, 0.2) is 12.4 Å². The van der Waals surface area contributed by atoms with E-state index in [1.54, 1.807) is 0 Å². The Bertz CT molecular complexity index is 602. The Balaban J connectivity index is 2.11. The number of hydrogen-bond acceptors (Lipinski definition) is 5. The van der Waals surface area contributed by atoms with E-state index in [1.807, 2.05) is 0 Å². The number of alkyl halides is 3. The van der Waals surface area contributed by atoms with Crippen molar-refractivity contribution in [2.75, 3.05) is 20.2 Å². The maximum Gasteiger partial charge on any atom is 0.432 e. The maximum atomic E-state index is 13.2. The molecular weight excluding hydrogens is 331 g/mol. The molecule has 0 aromatic carbocycles. The highest BCUT2D eigenvalue weighted by molar-refractivity contribution is 5.75. The summed E-state index contributed by atoms with van der Waals surface area (Å²) in [6.07, 6.45) is -4.50. The van der Waals surface area contributed by atoms with Gasteiger partial charge in [0.15, 0.2) is 5.82 Å². The predicted octanol–water partition coefficient (Wildman–Crippen LogP) is 2.05. The standard InChI is InChI=1S/C14H18F3N3O4/c1-19-7-5-18-11(19)10(14(15,16)17)24-12(21)9-4-3-6-20(8-9)13(22)23-2/h5,7,9-10H,3-4,6,8H2,1-2H3/t9-,10-/m0/s1. The van der Waals surface area contributed by atoms with Crippen molar-refractivity contribution < 1.29 is 32.2 Å². The topological polar surface area (TPSA) is 73.7 Å². The number of likely N-dealkylation sites (tertiary alicyclic amines) is 1. The van der Waals surface area contributed by atoms with E-state index in [1.165, 1.54) is 31.5 Å². The number of aryl methyl sites for hydroxylation is 1. The molecule has 2 atom stereocenters. The average molecular weight is 349 g/mol. The Hall–Kier alpha value is -2.26. The molecule has 10 heteroatoms. The summed E-state index contributed by atoms with van der Waals surface area (Å²) in [5, 5.41) is 0. The number of amides is 1. The molecule has 1 aromatic heterocycles. The van der Waals surface area contributed by atoms with E-state index < -0.39 is 36.1 Å². The minimum atomic E-state index is -4.79. The zero-order valence-electron chi connectivity index (χ0n) is 13.2. The van der Waals surface area contributed by atoms with Gasteiger partial charge >= 0.3 is 18.2 Å². The van der Waals surface area contributed by atoms with E-state index >= 15 is 0 Å². The fraction of sp³-hybridized carbons (Fsp3) is 0.643. The van der Waals surface area contributed by atoms with Crippen LogP contribution >= 0.6 is 0 Å². The number of carbonyl (C=O) groups excluding carboxylic acids is 2. The normalized spacial score (nSPS) is 19.7. The Kier molecular flexibility index (Phi) is 5.35. The molecule has 134 valence electrons. The first-order valence-corrected chi connectivity index (χ1v) is 7.31. The highest BCUT2D eigenvalue weighted by Gasteiger charge is 2.47. The number of esters is 1. The van der Waals surface area contributed by atoms with Crippen LogP contribution in [-0.4, -0.2) is 52.9 Å². The summed E-state index contributed by atoms with van der Waals surface area (Å²) < 4.78 is 50.1. The zero-order chi connectivity index (χ0) is 17.9. The van der Waals surface area contributed by atoms with E-state index in [0.29, 0.717) is 19.4 Å². The van der Waals surface area contributed by atoms with Crippen molar-refractivity contribution in [3.05, 3.63) is 18.2 Å². The summed E-state index contributed by atoms with van der Waals surface area (Å²) in [7, 11) is 2.58. The van der Waals surface area contributed by atoms with Crippen molar-refractivity contribution in [2.45, 2.75) is 25.1 Å². The molecule has 0 aliphatic carbocycles. The number of ether oxygens (including phenoxy) is 2. The largest absolute Gasteiger partial charge is 0.453 e. The van der Waals surface area contributed by atoms with E-state index in [-0.39, 0.29) is 6.54 Å². The van der Waals surface area contributed by atoms with Crippen LogP contribution in [0.4, 0.5) is 18.0 Å². The van der Waals surface area contributed by atoms with Gasteiger partial charge in [0.05, 0.1) is 13.0 Å². The smallest absolute Gasteiger partial charge is 0.432 e. The molecule has 1 amide bonds.